The molecule has 0 amide bonds. The number of nitrogens with zero attached hydrogens (tertiary/aromatic N) is 2. The lowest BCUT2D eigenvalue weighted by Crippen LogP contribution is -2.04. The summed E-state index contributed by atoms with van der Waals surface area (Å²) in [6.45, 7) is 0. The third-order valence-corrected chi connectivity index (χ3v) is 8.11. The average Bonchev–Trinajstić information content (AvgIpc) is 2.84. The summed E-state index contributed by atoms with van der Waals surface area (Å²) < 4.78 is 46.9. The van der Waals surface area contributed by atoms with Gasteiger partial charge in [-0.25, -0.2) is 16.8 Å². The van der Waals surface area contributed by atoms with Crippen LogP contribution in [0.5, 0.6) is 0 Å². The fourth-order valence-electron chi connectivity index (χ4n) is 3.71. The highest BCUT2D eigenvalue weighted by molar-refractivity contribution is 7.91. The molecule has 4 rings (SSSR count). The van der Waals surface area contributed by atoms with Gasteiger partial charge in [-0.1, -0.05) is 35.9 Å². The Balaban J connectivity index is 1.58. The number of pyridine rings is 2. The predicted molar refractivity (Wildman–Crippen MR) is 139 cm³/mol. The Morgan fingerprint density at radius 3 is 1.86 bits per heavy atom. The number of aliphatic hydroxyl groups excluding tert-OH is 1. The second-order valence-electron chi connectivity index (χ2n) is 8.45. The standard InChI is InChI=1S/C26H23ClN2O5S2/c1-35(31,32)22-9-4-17(5-10-22)24-13-20(27)16-29-26(24)19-3-8-21(28-15-19)14-25(30)18-6-11-23(12-7-18)36(2,33)34/h3-13,15-16,25,30H,14H2,1-2H3. The van der Waals surface area contributed by atoms with Gasteiger partial charge in [0.2, 0.25) is 0 Å². The molecule has 0 fully saturated rings. The largest absolute Gasteiger partial charge is 0.388 e. The van der Waals surface area contributed by atoms with Gasteiger partial charge in [0.25, 0.3) is 0 Å². The molecule has 2 aromatic heterocycles. The van der Waals surface area contributed by atoms with Gasteiger partial charge in [0.05, 0.1) is 26.6 Å². The molecule has 186 valence electrons. The fourth-order valence-corrected chi connectivity index (χ4v) is 5.13. The highest BCUT2D eigenvalue weighted by atomic mass is 35.5. The zero-order chi connectivity index (χ0) is 26.1. The topological polar surface area (TPSA) is 114 Å². The van der Waals surface area contributed by atoms with Gasteiger partial charge in [-0.05, 0) is 53.6 Å². The Hall–Kier alpha value is -3.11. The van der Waals surface area contributed by atoms with Crippen LogP contribution in [0.3, 0.4) is 0 Å². The molecule has 7 nitrogen and oxygen atoms in total. The average molecular weight is 543 g/mol. The Morgan fingerprint density at radius 2 is 1.33 bits per heavy atom. The lowest BCUT2D eigenvalue weighted by atomic mass is 9.99. The minimum atomic E-state index is -3.31. The van der Waals surface area contributed by atoms with E-state index in [1.807, 2.05) is 6.07 Å². The minimum absolute atomic E-state index is 0.193. The van der Waals surface area contributed by atoms with E-state index in [0.717, 1.165) is 29.2 Å². The molecule has 0 aliphatic heterocycles. The molecule has 1 unspecified atom stereocenters. The quantitative estimate of drug-likeness (QED) is 0.364. The van der Waals surface area contributed by atoms with Crippen molar-refractivity contribution in [3.8, 4) is 22.4 Å². The van der Waals surface area contributed by atoms with E-state index >= 15 is 0 Å². The molecular formula is C26H23ClN2O5S2. The summed E-state index contributed by atoms with van der Waals surface area (Å²) in [5, 5.41) is 11.0. The van der Waals surface area contributed by atoms with Crippen molar-refractivity contribution in [2.45, 2.75) is 22.3 Å². The summed E-state index contributed by atoms with van der Waals surface area (Å²) in [6.07, 6.45) is 4.86. The van der Waals surface area contributed by atoms with Crippen molar-refractivity contribution in [3.63, 3.8) is 0 Å². The maximum atomic E-state index is 11.8. The van der Waals surface area contributed by atoms with Crippen molar-refractivity contribution in [2.75, 3.05) is 12.5 Å². The number of hydrogen-bond donors (Lipinski definition) is 1. The van der Waals surface area contributed by atoms with Gasteiger partial charge in [-0.2, -0.15) is 0 Å². The molecule has 1 N–H and O–H groups in total. The van der Waals surface area contributed by atoms with E-state index in [9.17, 15) is 21.9 Å². The summed E-state index contributed by atoms with van der Waals surface area (Å²) in [7, 11) is -6.62. The molecule has 0 radical (unpaired) electrons. The molecule has 10 heteroatoms. The zero-order valence-corrected chi connectivity index (χ0v) is 21.8. The van der Waals surface area contributed by atoms with Crippen LogP contribution in [0.4, 0.5) is 0 Å². The van der Waals surface area contributed by atoms with Gasteiger partial charge in [0.1, 0.15) is 0 Å². The lowest BCUT2D eigenvalue weighted by molar-refractivity contribution is 0.177. The second-order valence-corrected chi connectivity index (χ2v) is 12.9. The molecule has 36 heavy (non-hydrogen) atoms. The molecule has 0 saturated heterocycles. The Morgan fingerprint density at radius 1 is 0.778 bits per heavy atom. The lowest BCUT2D eigenvalue weighted by Gasteiger charge is -2.13. The number of aliphatic hydroxyl groups is 1. The van der Waals surface area contributed by atoms with Gasteiger partial charge < -0.3 is 5.11 Å². The van der Waals surface area contributed by atoms with E-state index in [1.165, 1.54) is 18.3 Å². The van der Waals surface area contributed by atoms with Crippen LogP contribution in [-0.4, -0.2) is 44.4 Å². The summed E-state index contributed by atoms with van der Waals surface area (Å²) in [5.74, 6) is 0. The van der Waals surface area contributed by atoms with Crippen LogP contribution >= 0.6 is 11.6 Å². The highest BCUT2D eigenvalue weighted by Crippen LogP contribution is 2.33. The summed E-state index contributed by atoms with van der Waals surface area (Å²) >= 11 is 6.20. The molecule has 2 aromatic carbocycles. The van der Waals surface area contributed by atoms with Crippen LogP contribution in [-0.2, 0) is 26.1 Å². The Bertz CT molecular complexity index is 1600. The molecule has 2 heterocycles. The highest BCUT2D eigenvalue weighted by Gasteiger charge is 2.15. The Labute approximate surface area is 215 Å². The van der Waals surface area contributed by atoms with E-state index in [2.05, 4.69) is 9.97 Å². The summed E-state index contributed by atoms with van der Waals surface area (Å²) in [5.41, 5.74) is 4.07. The molecule has 4 aromatic rings. The zero-order valence-electron chi connectivity index (χ0n) is 19.5. The molecular weight excluding hydrogens is 520 g/mol. The first-order chi connectivity index (χ1) is 16.9. The second kappa shape index (κ2) is 10.1. The summed E-state index contributed by atoms with van der Waals surface area (Å²) in [4.78, 5) is 9.36. The molecule has 0 aliphatic rings. The van der Waals surface area contributed by atoms with Crippen LogP contribution in [0.15, 0.2) is 88.9 Å². The monoisotopic (exact) mass is 542 g/mol. The van der Waals surface area contributed by atoms with Gasteiger partial charge in [0, 0.05) is 48.1 Å². The van der Waals surface area contributed by atoms with Crippen molar-refractivity contribution >= 4 is 31.3 Å². The van der Waals surface area contributed by atoms with Gasteiger partial charge in [0.15, 0.2) is 19.7 Å². The van der Waals surface area contributed by atoms with E-state index in [-0.39, 0.29) is 16.2 Å². The predicted octanol–water partition coefficient (Wildman–Crippen LogP) is 4.55. The number of aromatic nitrogens is 2. The van der Waals surface area contributed by atoms with Crippen LogP contribution in [0, 0.1) is 0 Å². The maximum Gasteiger partial charge on any atom is 0.175 e. The van der Waals surface area contributed by atoms with Gasteiger partial charge in [-0.15, -0.1) is 0 Å². The van der Waals surface area contributed by atoms with Crippen LogP contribution < -0.4 is 0 Å². The first kappa shape index (κ1) is 26.0. The number of hydrogen-bond acceptors (Lipinski definition) is 7. The van der Waals surface area contributed by atoms with E-state index in [1.54, 1.807) is 54.7 Å². The van der Waals surface area contributed by atoms with Crippen molar-refractivity contribution in [3.05, 3.63) is 95.4 Å². The Kier molecular flexibility index (Phi) is 7.28. The number of rotatable bonds is 7. The first-order valence-electron chi connectivity index (χ1n) is 10.8. The first-order valence-corrected chi connectivity index (χ1v) is 15.0. The van der Waals surface area contributed by atoms with E-state index in [0.29, 0.717) is 22.0 Å². The maximum absolute atomic E-state index is 11.8. The van der Waals surface area contributed by atoms with Gasteiger partial charge >= 0.3 is 0 Å². The number of benzene rings is 2. The van der Waals surface area contributed by atoms with E-state index in [4.69, 9.17) is 11.6 Å². The summed E-state index contributed by atoms with van der Waals surface area (Å²) in [6, 6.07) is 18.0. The molecule has 0 aliphatic carbocycles. The molecule has 1 atom stereocenters. The fraction of sp³-hybridized carbons (Fsp3) is 0.154. The normalized spacial score (nSPS) is 12.9. The van der Waals surface area contributed by atoms with E-state index < -0.39 is 25.8 Å². The van der Waals surface area contributed by atoms with Crippen LogP contribution in [0.1, 0.15) is 17.4 Å². The molecule has 0 saturated carbocycles. The van der Waals surface area contributed by atoms with Crippen molar-refractivity contribution < 1.29 is 21.9 Å². The van der Waals surface area contributed by atoms with Crippen LogP contribution in [0.2, 0.25) is 5.02 Å². The van der Waals surface area contributed by atoms with Crippen molar-refractivity contribution in [2.24, 2.45) is 0 Å². The SMILES string of the molecule is CS(=O)(=O)c1ccc(-c2cc(Cl)cnc2-c2ccc(CC(O)c3ccc(S(C)(=O)=O)cc3)nc2)cc1. The third kappa shape index (κ3) is 5.99. The van der Waals surface area contributed by atoms with Crippen molar-refractivity contribution in [1.29, 1.82) is 0 Å². The number of halogens is 1. The molecule has 0 spiro atoms. The van der Waals surface area contributed by atoms with Gasteiger partial charge in [-0.3, -0.25) is 9.97 Å². The van der Waals surface area contributed by atoms with Crippen molar-refractivity contribution in [1.82, 2.24) is 9.97 Å². The third-order valence-electron chi connectivity index (χ3n) is 5.64. The smallest absolute Gasteiger partial charge is 0.175 e. The minimum Gasteiger partial charge on any atom is -0.388 e. The molecule has 0 bridgehead atoms. The number of sulfone groups is 2. The van der Waals surface area contributed by atoms with Crippen LogP contribution in [0.25, 0.3) is 22.4 Å².